The highest BCUT2D eigenvalue weighted by atomic mass is 32.1. The maximum Gasteiger partial charge on any atom is 0.166 e. The van der Waals surface area contributed by atoms with Gasteiger partial charge < -0.3 is 10.6 Å². The predicted molar refractivity (Wildman–Crippen MR) is 65.4 cm³/mol. The van der Waals surface area contributed by atoms with Gasteiger partial charge >= 0.3 is 0 Å². The summed E-state index contributed by atoms with van der Waals surface area (Å²) >= 11 is 5.21. The van der Waals surface area contributed by atoms with Gasteiger partial charge in [0.15, 0.2) is 5.11 Å². The van der Waals surface area contributed by atoms with E-state index in [9.17, 15) is 0 Å². The molecule has 82 valence electrons. The molecule has 0 heterocycles. The van der Waals surface area contributed by atoms with Gasteiger partial charge in [0.2, 0.25) is 0 Å². The Hall–Kier alpha value is -0.310. The first-order valence-corrected chi connectivity index (χ1v) is 6.23. The van der Waals surface area contributed by atoms with E-state index in [2.05, 4.69) is 24.5 Å². The number of hydrogen-bond donors (Lipinski definition) is 2. The van der Waals surface area contributed by atoms with E-state index in [1.165, 1.54) is 32.1 Å². The molecule has 1 saturated carbocycles. The third-order valence-electron chi connectivity index (χ3n) is 3.09. The second-order valence-electron chi connectivity index (χ2n) is 4.06. The Bertz CT molecular complexity index is 182. The van der Waals surface area contributed by atoms with Crippen LogP contribution in [0.3, 0.4) is 0 Å². The third-order valence-corrected chi connectivity index (χ3v) is 3.35. The smallest absolute Gasteiger partial charge is 0.166 e. The second-order valence-corrected chi connectivity index (χ2v) is 4.47. The SMILES string of the molecule is CCNC(=S)NC1CCCCC1CC. The molecule has 0 amide bonds. The highest BCUT2D eigenvalue weighted by Crippen LogP contribution is 2.26. The monoisotopic (exact) mass is 214 g/mol. The predicted octanol–water partition coefficient (Wildman–Crippen LogP) is 2.44. The summed E-state index contributed by atoms with van der Waals surface area (Å²) in [5.74, 6) is 0.820. The highest BCUT2D eigenvalue weighted by Gasteiger charge is 2.23. The Labute approximate surface area is 92.8 Å². The summed E-state index contributed by atoms with van der Waals surface area (Å²) in [6.45, 7) is 5.27. The molecule has 0 radical (unpaired) electrons. The van der Waals surface area contributed by atoms with Crippen molar-refractivity contribution < 1.29 is 0 Å². The lowest BCUT2D eigenvalue weighted by atomic mass is 9.83. The third kappa shape index (κ3) is 3.45. The Kier molecular flexibility index (Phi) is 5.23. The Morgan fingerprint density at radius 1 is 1.29 bits per heavy atom. The Balaban J connectivity index is 2.36. The Morgan fingerprint density at radius 2 is 2.00 bits per heavy atom. The van der Waals surface area contributed by atoms with Gasteiger partial charge in [0, 0.05) is 12.6 Å². The van der Waals surface area contributed by atoms with Crippen LogP contribution in [-0.2, 0) is 0 Å². The average molecular weight is 214 g/mol. The molecule has 1 rings (SSSR count). The first-order chi connectivity index (χ1) is 6.77. The largest absolute Gasteiger partial charge is 0.363 e. The fourth-order valence-electron chi connectivity index (χ4n) is 2.27. The molecule has 1 fully saturated rings. The molecule has 2 unspecified atom stereocenters. The van der Waals surface area contributed by atoms with E-state index in [1.807, 2.05) is 0 Å². The normalized spacial score (nSPS) is 27.0. The minimum atomic E-state index is 0.611. The topological polar surface area (TPSA) is 24.1 Å². The lowest BCUT2D eigenvalue weighted by Gasteiger charge is -2.32. The van der Waals surface area contributed by atoms with Crippen LogP contribution in [0.2, 0.25) is 0 Å². The molecule has 0 aromatic rings. The van der Waals surface area contributed by atoms with Gasteiger partial charge in [0.25, 0.3) is 0 Å². The fourth-order valence-corrected chi connectivity index (χ4v) is 2.56. The van der Waals surface area contributed by atoms with E-state index in [0.717, 1.165) is 17.6 Å². The van der Waals surface area contributed by atoms with E-state index in [1.54, 1.807) is 0 Å². The molecule has 0 spiro atoms. The molecule has 0 aromatic heterocycles. The van der Waals surface area contributed by atoms with Crippen LogP contribution in [0.15, 0.2) is 0 Å². The number of nitrogens with one attached hydrogen (secondary N) is 2. The lowest BCUT2D eigenvalue weighted by Crippen LogP contribution is -2.46. The molecule has 0 saturated heterocycles. The van der Waals surface area contributed by atoms with E-state index in [-0.39, 0.29) is 0 Å². The van der Waals surface area contributed by atoms with Crippen molar-refractivity contribution in [2.24, 2.45) is 5.92 Å². The van der Waals surface area contributed by atoms with E-state index < -0.39 is 0 Å². The summed E-state index contributed by atoms with van der Waals surface area (Å²) in [4.78, 5) is 0. The van der Waals surface area contributed by atoms with Crippen LogP contribution in [0.25, 0.3) is 0 Å². The molecular weight excluding hydrogens is 192 g/mol. The van der Waals surface area contributed by atoms with Gasteiger partial charge in [-0.3, -0.25) is 0 Å². The van der Waals surface area contributed by atoms with Crippen LogP contribution in [0.1, 0.15) is 46.0 Å². The van der Waals surface area contributed by atoms with Crippen molar-refractivity contribution in [1.29, 1.82) is 0 Å². The summed E-state index contributed by atoms with van der Waals surface area (Å²) in [5, 5.41) is 7.43. The van der Waals surface area contributed by atoms with Crippen LogP contribution in [0, 0.1) is 5.92 Å². The van der Waals surface area contributed by atoms with E-state index in [4.69, 9.17) is 12.2 Å². The zero-order valence-electron chi connectivity index (χ0n) is 9.31. The van der Waals surface area contributed by atoms with E-state index in [0.29, 0.717) is 6.04 Å². The first kappa shape index (κ1) is 11.8. The molecule has 2 atom stereocenters. The molecule has 2 N–H and O–H groups in total. The Morgan fingerprint density at radius 3 is 2.64 bits per heavy atom. The van der Waals surface area contributed by atoms with Gasteiger partial charge in [-0.25, -0.2) is 0 Å². The minimum Gasteiger partial charge on any atom is -0.363 e. The van der Waals surface area contributed by atoms with Crippen molar-refractivity contribution in [1.82, 2.24) is 10.6 Å². The van der Waals surface area contributed by atoms with Crippen molar-refractivity contribution in [3.63, 3.8) is 0 Å². The lowest BCUT2D eigenvalue weighted by molar-refractivity contribution is 0.280. The van der Waals surface area contributed by atoms with Gasteiger partial charge in [-0.15, -0.1) is 0 Å². The average Bonchev–Trinajstić information content (AvgIpc) is 2.19. The zero-order valence-corrected chi connectivity index (χ0v) is 10.1. The quantitative estimate of drug-likeness (QED) is 0.706. The summed E-state index contributed by atoms with van der Waals surface area (Å²) in [5.41, 5.74) is 0. The van der Waals surface area contributed by atoms with Gasteiger partial charge in [0.1, 0.15) is 0 Å². The van der Waals surface area contributed by atoms with Crippen LogP contribution in [0.5, 0.6) is 0 Å². The molecule has 3 heteroatoms. The summed E-state index contributed by atoms with van der Waals surface area (Å²) < 4.78 is 0. The van der Waals surface area contributed by atoms with Crippen LogP contribution in [-0.4, -0.2) is 17.7 Å². The van der Waals surface area contributed by atoms with Gasteiger partial charge in [-0.1, -0.05) is 26.2 Å². The van der Waals surface area contributed by atoms with E-state index >= 15 is 0 Å². The van der Waals surface area contributed by atoms with Crippen LogP contribution >= 0.6 is 12.2 Å². The number of thiocarbonyl (C=S) groups is 1. The standard InChI is InChI=1S/C11H22N2S/c1-3-9-7-5-6-8-10(9)13-11(14)12-4-2/h9-10H,3-8H2,1-2H3,(H2,12,13,14). The van der Waals surface area contributed by atoms with Crippen LogP contribution < -0.4 is 10.6 Å². The molecule has 0 aliphatic heterocycles. The first-order valence-electron chi connectivity index (χ1n) is 5.82. The summed E-state index contributed by atoms with van der Waals surface area (Å²) in [6.07, 6.45) is 6.66. The fraction of sp³-hybridized carbons (Fsp3) is 0.909. The molecule has 14 heavy (non-hydrogen) atoms. The maximum absolute atomic E-state index is 5.21. The van der Waals surface area contributed by atoms with Crippen LogP contribution in [0.4, 0.5) is 0 Å². The highest BCUT2D eigenvalue weighted by molar-refractivity contribution is 7.80. The number of rotatable bonds is 3. The maximum atomic E-state index is 5.21. The molecule has 1 aliphatic carbocycles. The van der Waals surface area contributed by atoms with Gasteiger partial charge in [-0.2, -0.15) is 0 Å². The zero-order chi connectivity index (χ0) is 10.4. The second kappa shape index (κ2) is 6.23. The summed E-state index contributed by atoms with van der Waals surface area (Å²) in [7, 11) is 0. The van der Waals surface area contributed by atoms with Crippen molar-refractivity contribution in [2.75, 3.05) is 6.54 Å². The molecular formula is C11H22N2S. The minimum absolute atomic E-state index is 0.611. The van der Waals surface area contributed by atoms with Gasteiger partial charge in [0.05, 0.1) is 0 Å². The number of hydrogen-bond acceptors (Lipinski definition) is 1. The molecule has 2 nitrogen and oxygen atoms in total. The van der Waals surface area contributed by atoms with Crippen molar-refractivity contribution >= 4 is 17.3 Å². The van der Waals surface area contributed by atoms with Crippen molar-refractivity contribution in [2.45, 2.75) is 52.0 Å². The molecule has 0 bridgehead atoms. The summed E-state index contributed by atoms with van der Waals surface area (Å²) in [6, 6.07) is 0.611. The van der Waals surface area contributed by atoms with Crippen molar-refractivity contribution in [3.8, 4) is 0 Å². The molecule has 1 aliphatic rings. The van der Waals surface area contributed by atoms with Crippen molar-refractivity contribution in [3.05, 3.63) is 0 Å². The molecule has 0 aromatic carbocycles. The van der Waals surface area contributed by atoms with Gasteiger partial charge in [-0.05, 0) is 37.9 Å².